The lowest BCUT2D eigenvalue weighted by Crippen LogP contribution is -2.39. The number of carbonyl (C=O) groups excluding carboxylic acids is 1. The molecule has 1 aromatic rings. The summed E-state index contributed by atoms with van der Waals surface area (Å²) in [4.78, 5) is 17.8. The minimum Gasteiger partial charge on any atom is -0.409 e. The van der Waals surface area contributed by atoms with Gasteiger partial charge in [0.25, 0.3) is 5.91 Å². The van der Waals surface area contributed by atoms with Crippen molar-refractivity contribution in [1.82, 2.24) is 9.88 Å². The Labute approximate surface area is 116 Å². The zero-order valence-corrected chi connectivity index (χ0v) is 11.6. The molecule has 3 N–H and O–H groups in total. The first-order chi connectivity index (χ1) is 8.97. The highest BCUT2D eigenvalue weighted by molar-refractivity contribution is 6.33. The molecule has 0 fully saturated rings. The number of hydrogen-bond donors (Lipinski definition) is 2. The van der Waals surface area contributed by atoms with Gasteiger partial charge in [0.15, 0.2) is 0 Å². The van der Waals surface area contributed by atoms with Crippen molar-refractivity contribution in [3.8, 4) is 0 Å². The van der Waals surface area contributed by atoms with Gasteiger partial charge in [-0.1, -0.05) is 16.8 Å². The summed E-state index contributed by atoms with van der Waals surface area (Å²) < 4.78 is 0. The lowest BCUT2D eigenvalue weighted by molar-refractivity contribution is 0.0711. The predicted molar refractivity (Wildman–Crippen MR) is 73.4 cm³/mol. The van der Waals surface area contributed by atoms with E-state index in [-0.39, 0.29) is 17.8 Å². The van der Waals surface area contributed by atoms with E-state index in [1.54, 1.807) is 11.0 Å². The van der Waals surface area contributed by atoms with E-state index >= 15 is 0 Å². The van der Waals surface area contributed by atoms with Crippen LogP contribution in [0, 0.1) is 0 Å². The molecular weight excluding hydrogens is 268 g/mol. The number of amidine groups is 1. The standard InChI is InChI=1S/C12H17ClN4O2/c1-8(2)17(6-4-11(14)16-19)12(18)9-3-5-15-7-10(9)13/h3,5,7-8,19H,4,6H2,1-2H3,(H2,14,16). The third-order valence-corrected chi connectivity index (χ3v) is 2.93. The Morgan fingerprint density at radius 2 is 2.32 bits per heavy atom. The summed E-state index contributed by atoms with van der Waals surface area (Å²) in [6.07, 6.45) is 3.24. The van der Waals surface area contributed by atoms with Crippen LogP contribution in [0.1, 0.15) is 30.6 Å². The normalized spacial score (nSPS) is 11.7. The molecule has 0 bridgehead atoms. The minimum absolute atomic E-state index is 0.0248. The van der Waals surface area contributed by atoms with Crippen molar-refractivity contribution in [2.75, 3.05) is 6.54 Å². The van der Waals surface area contributed by atoms with Crippen LogP contribution in [0.2, 0.25) is 5.02 Å². The third kappa shape index (κ3) is 4.10. The Bertz CT molecular complexity index is 477. The van der Waals surface area contributed by atoms with E-state index in [0.29, 0.717) is 23.6 Å². The number of nitrogens with two attached hydrogens (primary N) is 1. The van der Waals surface area contributed by atoms with Crippen molar-refractivity contribution < 1.29 is 10.0 Å². The van der Waals surface area contributed by atoms with Crippen LogP contribution >= 0.6 is 11.6 Å². The zero-order valence-electron chi connectivity index (χ0n) is 10.9. The molecule has 1 amide bonds. The first kappa shape index (κ1) is 15.2. The van der Waals surface area contributed by atoms with Crippen LogP contribution in [-0.4, -0.2) is 39.4 Å². The Hall–Kier alpha value is -1.82. The number of aromatic nitrogens is 1. The molecule has 0 aromatic carbocycles. The van der Waals surface area contributed by atoms with Gasteiger partial charge in [-0.05, 0) is 19.9 Å². The molecule has 104 valence electrons. The van der Waals surface area contributed by atoms with Gasteiger partial charge in [-0.3, -0.25) is 9.78 Å². The van der Waals surface area contributed by atoms with Crippen LogP contribution in [0.25, 0.3) is 0 Å². The van der Waals surface area contributed by atoms with E-state index < -0.39 is 0 Å². The van der Waals surface area contributed by atoms with Crippen molar-refractivity contribution in [1.29, 1.82) is 0 Å². The number of carbonyl (C=O) groups is 1. The second-order valence-electron chi connectivity index (χ2n) is 4.29. The van der Waals surface area contributed by atoms with Crippen molar-refractivity contribution in [2.24, 2.45) is 10.9 Å². The molecular formula is C12H17ClN4O2. The summed E-state index contributed by atoms with van der Waals surface area (Å²) in [7, 11) is 0. The van der Waals surface area contributed by atoms with Crippen molar-refractivity contribution in [3.63, 3.8) is 0 Å². The lowest BCUT2D eigenvalue weighted by atomic mass is 10.2. The van der Waals surface area contributed by atoms with E-state index in [1.807, 2.05) is 13.8 Å². The second-order valence-corrected chi connectivity index (χ2v) is 4.70. The summed E-state index contributed by atoms with van der Waals surface area (Å²) in [5.74, 6) is -0.118. The van der Waals surface area contributed by atoms with Gasteiger partial charge in [-0.2, -0.15) is 0 Å². The fourth-order valence-electron chi connectivity index (χ4n) is 1.58. The predicted octanol–water partition coefficient (Wildman–Crippen LogP) is 1.72. The maximum absolute atomic E-state index is 12.4. The molecule has 0 radical (unpaired) electrons. The first-order valence-electron chi connectivity index (χ1n) is 5.84. The van der Waals surface area contributed by atoms with Crippen LogP contribution in [0.15, 0.2) is 23.6 Å². The highest BCUT2D eigenvalue weighted by Gasteiger charge is 2.21. The average molecular weight is 285 g/mol. The van der Waals surface area contributed by atoms with Gasteiger partial charge >= 0.3 is 0 Å². The van der Waals surface area contributed by atoms with Gasteiger partial charge in [0, 0.05) is 31.4 Å². The van der Waals surface area contributed by atoms with Crippen LogP contribution in [0.3, 0.4) is 0 Å². The van der Waals surface area contributed by atoms with Crippen LogP contribution in [-0.2, 0) is 0 Å². The Morgan fingerprint density at radius 1 is 1.63 bits per heavy atom. The van der Waals surface area contributed by atoms with Gasteiger partial charge in [0.05, 0.1) is 10.6 Å². The monoisotopic (exact) mass is 284 g/mol. The van der Waals surface area contributed by atoms with Crippen LogP contribution in [0.5, 0.6) is 0 Å². The summed E-state index contributed by atoms with van der Waals surface area (Å²) >= 11 is 5.96. The molecule has 19 heavy (non-hydrogen) atoms. The van der Waals surface area contributed by atoms with Crippen molar-refractivity contribution in [3.05, 3.63) is 29.0 Å². The number of amides is 1. The van der Waals surface area contributed by atoms with Crippen LogP contribution < -0.4 is 5.73 Å². The SMILES string of the molecule is CC(C)N(CCC(N)=NO)C(=O)c1ccncc1Cl. The quantitative estimate of drug-likeness (QED) is 0.373. The first-order valence-corrected chi connectivity index (χ1v) is 6.22. The highest BCUT2D eigenvalue weighted by atomic mass is 35.5. The number of nitrogens with zero attached hydrogens (tertiary/aromatic N) is 3. The van der Waals surface area contributed by atoms with Gasteiger partial charge in [-0.15, -0.1) is 0 Å². The van der Waals surface area contributed by atoms with E-state index in [2.05, 4.69) is 10.1 Å². The van der Waals surface area contributed by atoms with Gasteiger partial charge < -0.3 is 15.8 Å². The Kier molecular flexibility index (Phi) is 5.57. The number of oxime groups is 1. The third-order valence-electron chi connectivity index (χ3n) is 2.62. The molecule has 0 unspecified atom stereocenters. The molecule has 0 saturated carbocycles. The second kappa shape index (κ2) is 6.94. The largest absolute Gasteiger partial charge is 0.409 e. The highest BCUT2D eigenvalue weighted by Crippen LogP contribution is 2.17. The number of hydrogen-bond acceptors (Lipinski definition) is 4. The Balaban J connectivity index is 2.88. The van der Waals surface area contributed by atoms with E-state index in [0.717, 1.165) is 0 Å². The molecule has 0 aliphatic carbocycles. The Morgan fingerprint density at radius 3 is 2.84 bits per heavy atom. The lowest BCUT2D eigenvalue weighted by Gasteiger charge is -2.27. The van der Waals surface area contributed by atoms with Crippen molar-refractivity contribution >= 4 is 23.3 Å². The molecule has 0 aliphatic rings. The van der Waals surface area contributed by atoms with E-state index in [1.165, 1.54) is 12.4 Å². The smallest absolute Gasteiger partial charge is 0.255 e. The molecule has 6 nitrogen and oxygen atoms in total. The molecule has 1 rings (SSSR count). The summed E-state index contributed by atoms with van der Waals surface area (Å²) in [5, 5.41) is 11.7. The minimum atomic E-state index is -0.201. The van der Waals surface area contributed by atoms with Crippen LogP contribution in [0.4, 0.5) is 0 Å². The number of halogens is 1. The molecule has 0 saturated heterocycles. The van der Waals surface area contributed by atoms with Gasteiger partial charge in [0.2, 0.25) is 0 Å². The fraction of sp³-hybridized carbons (Fsp3) is 0.417. The summed E-state index contributed by atoms with van der Waals surface area (Å²) in [5.41, 5.74) is 5.81. The molecule has 0 spiro atoms. The maximum atomic E-state index is 12.4. The molecule has 0 aliphatic heterocycles. The maximum Gasteiger partial charge on any atom is 0.255 e. The van der Waals surface area contributed by atoms with E-state index in [9.17, 15) is 4.79 Å². The topological polar surface area (TPSA) is 91.8 Å². The van der Waals surface area contributed by atoms with Gasteiger partial charge in [-0.25, -0.2) is 0 Å². The zero-order chi connectivity index (χ0) is 14.4. The summed E-state index contributed by atoms with van der Waals surface area (Å²) in [6.45, 7) is 4.13. The van der Waals surface area contributed by atoms with Crippen molar-refractivity contribution in [2.45, 2.75) is 26.3 Å². The average Bonchev–Trinajstić information content (AvgIpc) is 2.38. The van der Waals surface area contributed by atoms with Gasteiger partial charge in [0.1, 0.15) is 5.84 Å². The summed E-state index contributed by atoms with van der Waals surface area (Å²) in [6, 6.07) is 1.55. The molecule has 7 heteroatoms. The number of pyridine rings is 1. The molecule has 0 atom stereocenters. The number of rotatable bonds is 5. The molecule has 1 heterocycles. The molecule has 1 aromatic heterocycles. The fourth-order valence-corrected chi connectivity index (χ4v) is 1.78. The van der Waals surface area contributed by atoms with E-state index in [4.69, 9.17) is 22.5 Å².